The highest BCUT2D eigenvalue weighted by atomic mass is 16.1. The molecule has 94 valence electrons. The van der Waals surface area contributed by atoms with Gasteiger partial charge >= 0.3 is 0 Å². The van der Waals surface area contributed by atoms with E-state index >= 15 is 0 Å². The van der Waals surface area contributed by atoms with E-state index in [0.29, 0.717) is 24.1 Å². The molecule has 0 bridgehead atoms. The Morgan fingerprint density at radius 3 is 3.06 bits per heavy atom. The van der Waals surface area contributed by atoms with E-state index in [1.807, 2.05) is 6.07 Å². The molecule has 1 aliphatic heterocycles. The molecule has 5 heteroatoms. The third-order valence-electron chi connectivity index (χ3n) is 3.12. The van der Waals surface area contributed by atoms with Gasteiger partial charge < -0.3 is 10.6 Å². The molecule has 1 aromatic rings. The van der Waals surface area contributed by atoms with Crippen molar-refractivity contribution in [1.82, 2.24) is 15.5 Å². The molecule has 0 aromatic carbocycles. The maximum atomic E-state index is 11.8. The molecule has 2 heterocycles. The van der Waals surface area contributed by atoms with Crippen molar-refractivity contribution < 1.29 is 4.79 Å². The number of carbonyl (C=O) groups excluding carboxylic acids is 1. The Kier molecular flexibility index (Phi) is 3.78. The lowest BCUT2D eigenvalue weighted by atomic mass is 10.0. The average molecular weight is 236 g/mol. The number of aromatic amines is 1. The number of amides is 1. The maximum Gasteiger partial charge on any atom is 0.225 e. The highest BCUT2D eigenvalue weighted by molar-refractivity contribution is 5.89. The summed E-state index contributed by atoms with van der Waals surface area (Å²) in [5.74, 6) is 1.55. The van der Waals surface area contributed by atoms with Gasteiger partial charge in [0.2, 0.25) is 5.91 Å². The molecule has 0 saturated carbocycles. The van der Waals surface area contributed by atoms with Crippen molar-refractivity contribution >= 4 is 11.7 Å². The lowest BCUT2D eigenvalue weighted by Gasteiger charge is -2.06. The summed E-state index contributed by atoms with van der Waals surface area (Å²) in [4.78, 5) is 11.8. The number of hydrogen-bond acceptors (Lipinski definition) is 3. The summed E-state index contributed by atoms with van der Waals surface area (Å²) in [5, 5.41) is 13.1. The Balaban J connectivity index is 1.84. The Bertz CT molecular complexity index is 380. The first-order valence-electron chi connectivity index (χ1n) is 6.21. The van der Waals surface area contributed by atoms with Crippen LogP contribution in [0.2, 0.25) is 0 Å². The molecule has 17 heavy (non-hydrogen) atoms. The maximum absolute atomic E-state index is 11.8. The number of nitrogens with zero attached hydrogens (tertiary/aromatic N) is 1. The Morgan fingerprint density at radius 2 is 2.47 bits per heavy atom. The molecule has 0 radical (unpaired) electrons. The first kappa shape index (κ1) is 12.1. The van der Waals surface area contributed by atoms with Crippen LogP contribution >= 0.6 is 0 Å². The van der Waals surface area contributed by atoms with Crippen molar-refractivity contribution in [3.8, 4) is 0 Å². The van der Waals surface area contributed by atoms with Crippen molar-refractivity contribution in [1.29, 1.82) is 0 Å². The molecule has 2 rings (SSSR count). The van der Waals surface area contributed by atoms with Gasteiger partial charge in [0.15, 0.2) is 5.82 Å². The zero-order chi connectivity index (χ0) is 12.3. The van der Waals surface area contributed by atoms with E-state index in [1.165, 1.54) is 0 Å². The van der Waals surface area contributed by atoms with Crippen molar-refractivity contribution in [2.75, 3.05) is 18.4 Å². The number of H-pyrrole nitrogens is 1. The Labute approximate surface area is 101 Å². The van der Waals surface area contributed by atoms with Crippen molar-refractivity contribution in [2.24, 2.45) is 5.92 Å². The second kappa shape index (κ2) is 5.31. The minimum atomic E-state index is 0.0560. The zero-order valence-electron chi connectivity index (χ0n) is 10.4. The van der Waals surface area contributed by atoms with Crippen LogP contribution in [0, 0.1) is 5.92 Å². The molecule has 1 fully saturated rings. The van der Waals surface area contributed by atoms with Crippen LogP contribution in [0.4, 0.5) is 5.82 Å². The van der Waals surface area contributed by atoms with Crippen LogP contribution in [-0.4, -0.2) is 29.2 Å². The summed E-state index contributed by atoms with van der Waals surface area (Å²) in [5.41, 5.74) is 1.04. The predicted octanol–water partition coefficient (Wildman–Crippen LogP) is 1.47. The van der Waals surface area contributed by atoms with E-state index in [4.69, 9.17) is 0 Å². The van der Waals surface area contributed by atoms with Crippen LogP contribution in [0.15, 0.2) is 6.07 Å². The van der Waals surface area contributed by atoms with Gasteiger partial charge in [-0.2, -0.15) is 5.10 Å². The van der Waals surface area contributed by atoms with E-state index in [2.05, 4.69) is 34.7 Å². The molecule has 1 aromatic heterocycles. The molecule has 1 amide bonds. The Morgan fingerprint density at radius 1 is 1.65 bits per heavy atom. The molecule has 1 saturated heterocycles. The molecular weight excluding hydrogens is 216 g/mol. The number of nitrogens with one attached hydrogen (secondary N) is 3. The smallest absolute Gasteiger partial charge is 0.225 e. The monoisotopic (exact) mass is 236 g/mol. The van der Waals surface area contributed by atoms with E-state index in [0.717, 1.165) is 25.2 Å². The van der Waals surface area contributed by atoms with Crippen LogP contribution in [-0.2, 0) is 4.79 Å². The van der Waals surface area contributed by atoms with Gasteiger partial charge in [-0.05, 0) is 31.3 Å². The molecule has 0 aliphatic carbocycles. The number of aromatic nitrogens is 2. The summed E-state index contributed by atoms with van der Waals surface area (Å²) < 4.78 is 0. The first-order chi connectivity index (χ1) is 8.15. The highest BCUT2D eigenvalue weighted by Crippen LogP contribution is 2.16. The number of rotatable bonds is 4. The molecule has 3 N–H and O–H groups in total. The van der Waals surface area contributed by atoms with Crippen molar-refractivity contribution in [2.45, 2.75) is 32.6 Å². The van der Waals surface area contributed by atoms with Crippen LogP contribution in [0.3, 0.4) is 0 Å². The quantitative estimate of drug-likeness (QED) is 0.741. The van der Waals surface area contributed by atoms with Gasteiger partial charge in [0.1, 0.15) is 0 Å². The molecule has 1 unspecified atom stereocenters. The number of carbonyl (C=O) groups is 1. The van der Waals surface area contributed by atoms with Gasteiger partial charge in [0.25, 0.3) is 0 Å². The Hall–Kier alpha value is -1.36. The summed E-state index contributed by atoms with van der Waals surface area (Å²) in [6, 6.07) is 1.90. The fourth-order valence-electron chi connectivity index (χ4n) is 2.04. The molecule has 1 atom stereocenters. The first-order valence-corrected chi connectivity index (χ1v) is 6.21. The third-order valence-corrected chi connectivity index (χ3v) is 3.12. The highest BCUT2D eigenvalue weighted by Gasteiger charge is 2.18. The third kappa shape index (κ3) is 3.30. The molecule has 1 aliphatic rings. The van der Waals surface area contributed by atoms with E-state index in [-0.39, 0.29) is 5.91 Å². The topological polar surface area (TPSA) is 69.8 Å². The summed E-state index contributed by atoms with van der Waals surface area (Å²) in [7, 11) is 0. The minimum Gasteiger partial charge on any atom is -0.316 e. The lowest BCUT2D eigenvalue weighted by Crippen LogP contribution is -2.18. The molecular formula is C12H20N4O. The molecule has 0 spiro atoms. The van der Waals surface area contributed by atoms with Crippen LogP contribution in [0.5, 0.6) is 0 Å². The van der Waals surface area contributed by atoms with Gasteiger partial charge in [-0.15, -0.1) is 0 Å². The minimum absolute atomic E-state index is 0.0560. The van der Waals surface area contributed by atoms with Gasteiger partial charge in [-0.25, -0.2) is 0 Å². The predicted molar refractivity (Wildman–Crippen MR) is 66.9 cm³/mol. The normalized spacial score (nSPS) is 19.8. The largest absolute Gasteiger partial charge is 0.316 e. The second-order valence-electron chi connectivity index (χ2n) is 4.97. The van der Waals surface area contributed by atoms with E-state index in [9.17, 15) is 4.79 Å². The average Bonchev–Trinajstić information content (AvgIpc) is 2.88. The summed E-state index contributed by atoms with van der Waals surface area (Å²) in [6.07, 6.45) is 1.67. The number of hydrogen-bond donors (Lipinski definition) is 3. The SMILES string of the molecule is CC(C)c1cc(NC(=O)CC2CCNC2)n[nH]1. The van der Waals surface area contributed by atoms with Crippen LogP contribution in [0.25, 0.3) is 0 Å². The lowest BCUT2D eigenvalue weighted by molar-refractivity contribution is -0.117. The second-order valence-corrected chi connectivity index (χ2v) is 4.97. The van der Waals surface area contributed by atoms with Crippen LogP contribution in [0.1, 0.15) is 38.3 Å². The van der Waals surface area contributed by atoms with Crippen molar-refractivity contribution in [3.63, 3.8) is 0 Å². The van der Waals surface area contributed by atoms with E-state index < -0.39 is 0 Å². The molecule has 5 nitrogen and oxygen atoms in total. The van der Waals surface area contributed by atoms with Gasteiger partial charge in [-0.1, -0.05) is 13.8 Å². The summed E-state index contributed by atoms with van der Waals surface area (Å²) >= 11 is 0. The number of anilines is 1. The van der Waals surface area contributed by atoms with E-state index in [1.54, 1.807) is 0 Å². The zero-order valence-corrected chi connectivity index (χ0v) is 10.4. The van der Waals surface area contributed by atoms with Gasteiger partial charge in [-0.3, -0.25) is 9.89 Å². The van der Waals surface area contributed by atoms with Crippen LogP contribution < -0.4 is 10.6 Å². The summed E-state index contributed by atoms with van der Waals surface area (Å²) in [6.45, 7) is 6.15. The van der Waals surface area contributed by atoms with Crippen molar-refractivity contribution in [3.05, 3.63) is 11.8 Å². The standard InChI is InChI=1S/C12H20N4O/c1-8(2)10-6-11(16-15-10)14-12(17)5-9-3-4-13-7-9/h6,8-9,13H,3-5,7H2,1-2H3,(H2,14,15,16,17). The fraction of sp³-hybridized carbons (Fsp3) is 0.667. The van der Waals surface area contributed by atoms with Gasteiger partial charge in [0.05, 0.1) is 0 Å². The van der Waals surface area contributed by atoms with Gasteiger partial charge in [0, 0.05) is 18.2 Å². The fourth-order valence-corrected chi connectivity index (χ4v) is 2.04.